The summed E-state index contributed by atoms with van der Waals surface area (Å²) in [6, 6.07) is 0.508. The summed E-state index contributed by atoms with van der Waals surface area (Å²) in [6.07, 6.45) is 4.33. The first-order chi connectivity index (χ1) is 3.79. The van der Waals surface area contributed by atoms with E-state index >= 15 is 0 Å². The predicted molar refractivity (Wildman–Crippen MR) is 34.4 cm³/mol. The second-order valence-corrected chi connectivity index (χ2v) is 2.23. The third-order valence-corrected chi connectivity index (χ3v) is 1.23. The van der Waals surface area contributed by atoms with E-state index in [4.69, 9.17) is 0 Å². The maximum Gasteiger partial charge on any atom is 0.0367 e. The Hall–Kier alpha value is -0.340. The molecule has 0 saturated heterocycles. The van der Waals surface area contributed by atoms with Gasteiger partial charge in [0.25, 0.3) is 0 Å². The number of hydrogen-bond acceptors (Lipinski definition) is 2. The zero-order valence-electron chi connectivity index (χ0n) is 5.39. The molecule has 0 aromatic heterocycles. The molecule has 0 bridgehead atoms. The molecule has 46 valence electrons. The topological polar surface area (TPSA) is 15.3 Å². The van der Waals surface area contributed by atoms with Gasteiger partial charge in [-0.25, -0.2) is 10.4 Å². The van der Waals surface area contributed by atoms with Crippen LogP contribution >= 0.6 is 0 Å². The molecule has 0 aromatic carbocycles. The normalized spacial score (nSPS) is 31.0. The molecule has 8 heavy (non-hydrogen) atoms. The average Bonchev–Trinajstić information content (AvgIpc) is 1.64. The highest BCUT2D eigenvalue weighted by Gasteiger charge is 2.03. The second-order valence-electron chi connectivity index (χ2n) is 2.23. The Labute approximate surface area is 50.1 Å². The number of rotatable bonds is 0. The quantitative estimate of drug-likeness (QED) is 0.456. The van der Waals surface area contributed by atoms with Gasteiger partial charge in [0.15, 0.2) is 0 Å². The van der Waals surface area contributed by atoms with Crippen LogP contribution in [0.15, 0.2) is 12.2 Å². The van der Waals surface area contributed by atoms with Gasteiger partial charge in [-0.1, -0.05) is 12.2 Å². The van der Waals surface area contributed by atoms with Crippen LogP contribution < -0.4 is 5.43 Å². The Kier molecular flexibility index (Phi) is 1.65. The van der Waals surface area contributed by atoms with Gasteiger partial charge in [0, 0.05) is 19.6 Å². The minimum absolute atomic E-state index is 0.508. The van der Waals surface area contributed by atoms with Gasteiger partial charge in [0.05, 0.1) is 0 Å². The number of hydrazine groups is 1. The third-order valence-electron chi connectivity index (χ3n) is 1.23. The molecule has 2 nitrogen and oxygen atoms in total. The highest BCUT2D eigenvalue weighted by Crippen LogP contribution is 1.93. The van der Waals surface area contributed by atoms with Gasteiger partial charge < -0.3 is 0 Å². The minimum Gasteiger partial charge on any atom is -0.249 e. The maximum atomic E-state index is 3.23. The number of nitrogens with one attached hydrogen (secondary N) is 1. The number of hydrogen-bond donors (Lipinski definition) is 1. The monoisotopic (exact) mass is 112 g/mol. The highest BCUT2D eigenvalue weighted by molar-refractivity contribution is 4.95. The fourth-order valence-corrected chi connectivity index (χ4v) is 0.866. The van der Waals surface area contributed by atoms with E-state index in [1.165, 1.54) is 0 Å². The van der Waals surface area contributed by atoms with Crippen LogP contribution in [0.3, 0.4) is 0 Å². The van der Waals surface area contributed by atoms with E-state index in [1.807, 2.05) is 7.05 Å². The molecule has 1 atom stereocenters. The first-order valence-corrected chi connectivity index (χ1v) is 2.93. The van der Waals surface area contributed by atoms with E-state index in [0.717, 1.165) is 6.54 Å². The lowest BCUT2D eigenvalue weighted by molar-refractivity contribution is 0.231. The molecule has 0 radical (unpaired) electrons. The van der Waals surface area contributed by atoms with Gasteiger partial charge in [0.2, 0.25) is 0 Å². The maximum absolute atomic E-state index is 3.23. The number of nitrogens with zero attached hydrogens (tertiary/aromatic N) is 1. The van der Waals surface area contributed by atoms with Crippen LogP contribution in [-0.4, -0.2) is 24.6 Å². The van der Waals surface area contributed by atoms with Crippen LogP contribution in [0, 0.1) is 0 Å². The lowest BCUT2D eigenvalue weighted by Gasteiger charge is -2.23. The average molecular weight is 112 g/mol. The first-order valence-electron chi connectivity index (χ1n) is 2.93. The van der Waals surface area contributed by atoms with Crippen molar-refractivity contribution in [3.63, 3.8) is 0 Å². The molecule has 1 heterocycles. The molecule has 1 N–H and O–H groups in total. The van der Waals surface area contributed by atoms with Crippen LogP contribution in [-0.2, 0) is 0 Å². The molecule has 0 aliphatic carbocycles. The van der Waals surface area contributed by atoms with Gasteiger partial charge in [-0.3, -0.25) is 0 Å². The SMILES string of the molecule is CC1C=CCN(C)N1. The third kappa shape index (κ3) is 1.32. The van der Waals surface area contributed by atoms with E-state index in [2.05, 4.69) is 29.5 Å². The van der Waals surface area contributed by atoms with Crippen LogP contribution in [0.5, 0.6) is 0 Å². The van der Waals surface area contributed by atoms with E-state index in [1.54, 1.807) is 0 Å². The van der Waals surface area contributed by atoms with E-state index in [0.29, 0.717) is 6.04 Å². The Morgan fingerprint density at radius 1 is 1.75 bits per heavy atom. The first kappa shape index (κ1) is 5.79. The predicted octanol–water partition coefficient (Wildman–Crippen LogP) is 0.381. The van der Waals surface area contributed by atoms with Gasteiger partial charge in [-0.2, -0.15) is 0 Å². The standard InChI is InChI=1S/C6H12N2/c1-6-4-3-5-8(2)7-6/h3-4,6-7H,5H2,1-2H3. The Balaban J connectivity index is 2.42. The van der Waals surface area contributed by atoms with Gasteiger partial charge in [0.1, 0.15) is 0 Å². The van der Waals surface area contributed by atoms with Crippen molar-refractivity contribution in [2.24, 2.45) is 0 Å². The molecule has 2 heteroatoms. The Morgan fingerprint density at radius 2 is 2.50 bits per heavy atom. The minimum atomic E-state index is 0.508. The molecule has 0 amide bonds. The molecule has 1 unspecified atom stereocenters. The summed E-state index contributed by atoms with van der Waals surface area (Å²) in [7, 11) is 2.04. The molecule has 0 saturated carbocycles. The number of likely N-dealkylation sites (N-methyl/N-ethyl adjacent to an activating group) is 1. The summed E-state index contributed by atoms with van der Waals surface area (Å²) in [5.74, 6) is 0. The van der Waals surface area contributed by atoms with E-state index in [-0.39, 0.29) is 0 Å². The van der Waals surface area contributed by atoms with Crippen molar-refractivity contribution in [1.82, 2.24) is 10.4 Å². The van der Waals surface area contributed by atoms with Crippen molar-refractivity contribution in [3.05, 3.63) is 12.2 Å². The van der Waals surface area contributed by atoms with Gasteiger partial charge in [-0.15, -0.1) is 0 Å². The zero-order valence-corrected chi connectivity index (χ0v) is 5.39. The molecule has 1 aliphatic heterocycles. The van der Waals surface area contributed by atoms with Crippen LogP contribution in [0.25, 0.3) is 0 Å². The van der Waals surface area contributed by atoms with Crippen molar-refractivity contribution in [2.75, 3.05) is 13.6 Å². The molecular formula is C6H12N2. The molecular weight excluding hydrogens is 100 g/mol. The highest BCUT2D eigenvalue weighted by atomic mass is 15.5. The van der Waals surface area contributed by atoms with Gasteiger partial charge in [-0.05, 0) is 6.92 Å². The summed E-state index contributed by atoms with van der Waals surface area (Å²) >= 11 is 0. The van der Waals surface area contributed by atoms with E-state index in [9.17, 15) is 0 Å². The smallest absolute Gasteiger partial charge is 0.0367 e. The lowest BCUT2D eigenvalue weighted by Crippen LogP contribution is -2.42. The van der Waals surface area contributed by atoms with Crippen molar-refractivity contribution in [2.45, 2.75) is 13.0 Å². The summed E-state index contributed by atoms with van der Waals surface area (Å²) in [5, 5.41) is 2.07. The van der Waals surface area contributed by atoms with Crippen molar-refractivity contribution >= 4 is 0 Å². The summed E-state index contributed by atoms with van der Waals surface area (Å²) < 4.78 is 0. The van der Waals surface area contributed by atoms with Crippen molar-refractivity contribution in [3.8, 4) is 0 Å². The Morgan fingerprint density at radius 3 is 2.88 bits per heavy atom. The fraction of sp³-hybridized carbons (Fsp3) is 0.667. The second kappa shape index (κ2) is 2.29. The Bertz CT molecular complexity index is 98.7. The zero-order chi connectivity index (χ0) is 5.98. The molecule has 1 aliphatic rings. The molecule has 1 rings (SSSR count). The molecule has 0 aromatic rings. The van der Waals surface area contributed by atoms with Crippen molar-refractivity contribution in [1.29, 1.82) is 0 Å². The lowest BCUT2D eigenvalue weighted by atomic mass is 10.3. The van der Waals surface area contributed by atoms with Crippen LogP contribution in [0.4, 0.5) is 0 Å². The summed E-state index contributed by atoms with van der Waals surface area (Å²) in [5.41, 5.74) is 3.23. The van der Waals surface area contributed by atoms with Crippen LogP contribution in [0.2, 0.25) is 0 Å². The van der Waals surface area contributed by atoms with Gasteiger partial charge >= 0.3 is 0 Å². The summed E-state index contributed by atoms with van der Waals surface area (Å²) in [4.78, 5) is 0. The van der Waals surface area contributed by atoms with E-state index < -0.39 is 0 Å². The fourth-order valence-electron chi connectivity index (χ4n) is 0.866. The molecule has 0 fully saturated rings. The summed E-state index contributed by atoms with van der Waals surface area (Å²) in [6.45, 7) is 3.15. The van der Waals surface area contributed by atoms with Crippen molar-refractivity contribution < 1.29 is 0 Å². The van der Waals surface area contributed by atoms with Crippen LogP contribution in [0.1, 0.15) is 6.92 Å². The largest absolute Gasteiger partial charge is 0.249 e. The molecule has 0 spiro atoms.